The Balaban J connectivity index is 1.80. The van der Waals surface area contributed by atoms with Gasteiger partial charge in [-0.1, -0.05) is 23.7 Å². The third-order valence-electron chi connectivity index (χ3n) is 3.49. The van der Waals surface area contributed by atoms with Crippen LogP contribution in [0.4, 0.5) is 0 Å². The molecule has 1 aromatic carbocycles. The molecule has 1 aliphatic rings. The molecule has 0 aliphatic carbocycles. The number of aliphatic hydroxyl groups is 1. The summed E-state index contributed by atoms with van der Waals surface area (Å²) in [7, 11) is 0. The number of nitrogens with zero attached hydrogens (tertiary/aromatic N) is 1. The Morgan fingerprint density at radius 3 is 2.62 bits per heavy atom. The summed E-state index contributed by atoms with van der Waals surface area (Å²) < 4.78 is 5.48. The molecule has 4 nitrogen and oxygen atoms in total. The van der Waals surface area contributed by atoms with Crippen LogP contribution >= 0.6 is 11.6 Å². The summed E-state index contributed by atoms with van der Waals surface area (Å²) in [6.45, 7) is 1.80. The number of hydrogen-bond donors (Lipinski definition) is 1. The molecule has 21 heavy (non-hydrogen) atoms. The lowest BCUT2D eigenvalue weighted by molar-refractivity contribution is -0.128. The van der Waals surface area contributed by atoms with Crippen LogP contribution in [0.5, 0.6) is 0 Å². The number of piperidine rings is 1. The second-order valence-electron chi connectivity index (χ2n) is 5.00. The Bertz CT molecular complexity index is 479. The lowest BCUT2D eigenvalue weighted by Crippen LogP contribution is -2.40. The minimum absolute atomic E-state index is 0.0190. The van der Waals surface area contributed by atoms with Crippen LogP contribution in [0.15, 0.2) is 30.3 Å². The number of ether oxygens (including phenoxy) is 1. The van der Waals surface area contributed by atoms with E-state index >= 15 is 0 Å². The second-order valence-corrected chi connectivity index (χ2v) is 5.44. The van der Waals surface area contributed by atoms with Gasteiger partial charge in [-0.25, -0.2) is 0 Å². The average molecular weight is 310 g/mol. The van der Waals surface area contributed by atoms with Gasteiger partial charge in [-0.3, -0.25) is 4.79 Å². The van der Waals surface area contributed by atoms with Crippen molar-refractivity contribution in [2.75, 3.05) is 26.3 Å². The molecule has 0 unspecified atom stereocenters. The third-order valence-corrected chi connectivity index (χ3v) is 3.74. The van der Waals surface area contributed by atoms with Crippen LogP contribution in [0.3, 0.4) is 0 Å². The summed E-state index contributed by atoms with van der Waals surface area (Å²) in [5.74, 6) is 0.0190. The van der Waals surface area contributed by atoms with E-state index in [0.29, 0.717) is 24.7 Å². The van der Waals surface area contributed by atoms with Gasteiger partial charge >= 0.3 is 0 Å². The molecule has 5 heteroatoms. The number of aliphatic hydroxyl groups excluding tert-OH is 1. The fraction of sp³-hybridized carbons (Fsp3) is 0.438. The summed E-state index contributed by atoms with van der Waals surface area (Å²) >= 11 is 5.82. The molecule has 1 amide bonds. The molecule has 1 aliphatic heterocycles. The maximum Gasteiger partial charge on any atom is 0.246 e. The van der Waals surface area contributed by atoms with Crippen LogP contribution in [0.1, 0.15) is 18.4 Å². The van der Waals surface area contributed by atoms with Gasteiger partial charge in [0.15, 0.2) is 0 Å². The number of rotatable bonds is 5. The summed E-state index contributed by atoms with van der Waals surface area (Å²) in [5, 5.41) is 9.41. The van der Waals surface area contributed by atoms with Gasteiger partial charge in [0.2, 0.25) is 5.91 Å². The van der Waals surface area contributed by atoms with Gasteiger partial charge in [0, 0.05) is 24.2 Å². The Hall–Kier alpha value is -1.36. The molecule has 0 saturated carbocycles. The van der Waals surface area contributed by atoms with E-state index in [1.54, 1.807) is 24.3 Å². The number of carbonyl (C=O) groups excluding carboxylic acids is 1. The number of halogens is 1. The average Bonchev–Trinajstić information content (AvgIpc) is 2.52. The molecule has 2 rings (SSSR count). The normalized spacial score (nSPS) is 16.6. The minimum Gasteiger partial charge on any atom is -0.394 e. The molecule has 0 aromatic heterocycles. The summed E-state index contributed by atoms with van der Waals surface area (Å²) in [5.41, 5.74) is 0.953. The van der Waals surface area contributed by atoms with Gasteiger partial charge in [-0.05, 0) is 36.6 Å². The number of carbonyl (C=O) groups is 1. The summed E-state index contributed by atoms with van der Waals surface area (Å²) in [6.07, 6.45) is 5.19. The van der Waals surface area contributed by atoms with Crippen molar-refractivity contribution in [3.05, 3.63) is 40.9 Å². The van der Waals surface area contributed by atoms with Gasteiger partial charge in [0.25, 0.3) is 0 Å². The topological polar surface area (TPSA) is 49.8 Å². The van der Waals surface area contributed by atoms with Crippen molar-refractivity contribution in [3.63, 3.8) is 0 Å². The molecule has 0 radical (unpaired) electrons. The highest BCUT2D eigenvalue weighted by molar-refractivity contribution is 6.30. The Morgan fingerprint density at radius 2 is 2.00 bits per heavy atom. The first-order chi connectivity index (χ1) is 10.2. The van der Waals surface area contributed by atoms with Crippen molar-refractivity contribution in [2.45, 2.75) is 18.9 Å². The Labute approximate surface area is 130 Å². The van der Waals surface area contributed by atoms with Gasteiger partial charge in [-0.2, -0.15) is 0 Å². The molecular weight excluding hydrogens is 290 g/mol. The first-order valence-corrected chi connectivity index (χ1v) is 7.52. The van der Waals surface area contributed by atoms with Crippen LogP contribution in [0, 0.1) is 0 Å². The predicted molar refractivity (Wildman–Crippen MR) is 83.1 cm³/mol. The number of likely N-dealkylation sites (tertiary alicyclic amines) is 1. The summed E-state index contributed by atoms with van der Waals surface area (Å²) in [6, 6.07) is 7.35. The maximum atomic E-state index is 12.1. The fourth-order valence-corrected chi connectivity index (χ4v) is 2.44. The van der Waals surface area contributed by atoms with Crippen molar-refractivity contribution >= 4 is 23.6 Å². The van der Waals surface area contributed by atoms with E-state index < -0.39 is 0 Å². The molecule has 0 atom stereocenters. The van der Waals surface area contributed by atoms with Gasteiger partial charge < -0.3 is 14.7 Å². The molecule has 1 fully saturated rings. The van der Waals surface area contributed by atoms with Gasteiger partial charge in [0.05, 0.1) is 19.3 Å². The van der Waals surface area contributed by atoms with E-state index in [9.17, 15) is 4.79 Å². The van der Waals surface area contributed by atoms with Crippen molar-refractivity contribution in [2.24, 2.45) is 0 Å². The van der Waals surface area contributed by atoms with Crippen molar-refractivity contribution in [1.29, 1.82) is 0 Å². The first-order valence-electron chi connectivity index (χ1n) is 7.14. The monoisotopic (exact) mass is 309 g/mol. The first kappa shape index (κ1) is 16.0. The zero-order valence-corrected chi connectivity index (χ0v) is 12.6. The summed E-state index contributed by atoms with van der Waals surface area (Å²) in [4.78, 5) is 13.9. The SMILES string of the molecule is O=C(/C=C/c1ccc(Cl)cc1)N1CCC(OCCO)CC1. The van der Waals surface area contributed by atoms with Gasteiger partial charge in [0.1, 0.15) is 0 Å². The van der Waals surface area contributed by atoms with E-state index in [4.69, 9.17) is 21.4 Å². The number of amides is 1. The molecule has 0 spiro atoms. The van der Waals surface area contributed by atoms with Crippen LogP contribution in [0.2, 0.25) is 5.02 Å². The van der Waals surface area contributed by atoms with Crippen molar-refractivity contribution in [1.82, 2.24) is 4.90 Å². The minimum atomic E-state index is 0.0190. The predicted octanol–water partition coefficient (Wildman–Crippen LogP) is 2.35. The van der Waals surface area contributed by atoms with Crippen LogP contribution < -0.4 is 0 Å². The molecule has 1 heterocycles. The third kappa shape index (κ3) is 5.16. The molecule has 1 aromatic rings. The highest BCUT2D eigenvalue weighted by Crippen LogP contribution is 2.15. The maximum absolute atomic E-state index is 12.1. The van der Waals surface area contributed by atoms with Crippen LogP contribution in [0.25, 0.3) is 6.08 Å². The molecule has 1 N–H and O–H groups in total. The standard InChI is InChI=1S/C16H20ClNO3/c17-14-4-1-13(2-5-14)3-6-16(20)18-9-7-15(8-10-18)21-12-11-19/h1-6,15,19H,7-12H2/b6-3+. The smallest absolute Gasteiger partial charge is 0.246 e. The zero-order chi connectivity index (χ0) is 15.1. The van der Waals surface area contributed by atoms with Crippen LogP contribution in [-0.2, 0) is 9.53 Å². The molecule has 114 valence electrons. The molecule has 0 bridgehead atoms. The van der Waals surface area contributed by atoms with E-state index in [2.05, 4.69) is 0 Å². The Morgan fingerprint density at radius 1 is 1.33 bits per heavy atom. The number of hydrogen-bond acceptors (Lipinski definition) is 3. The lowest BCUT2D eigenvalue weighted by atomic mass is 10.1. The lowest BCUT2D eigenvalue weighted by Gasteiger charge is -2.31. The fourth-order valence-electron chi connectivity index (χ4n) is 2.31. The number of benzene rings is 1. The highest BCUT2D eigenvalue weighted by atomic mass is 35.5. The van der Waals surface area contributed by atoms with E-state index in [-0.39, 0.29) is 18.6 Å². The van der Waals surface area contributed by atoms with Gasteiger partial charge in [-0.15, -0.1) is 0 Å². The second kappa shape index (κ2) is 8.17. The van der Waals surface area contributed by atoms with E-state index in [1.807, 2.05) is 17.0 Å². The molecule has 1 saturated heterocycles. The highest BCUT2D eigenvalue weighted by Gasteiger charge is 2.21. The van der Waals surface area contributed by atoms with Crippen molar-refractivity contribution in [3.8, 4) is 0 Å². The zero-order valence-electron chi connectivity index (χ0n) is 11.9. The largest absolute Gasteiger partial charge is 0.394 e. The van der Waals surface area contributed by atoms with Crippen LogP contribution in [-0.4, -0.2) is 48.3 Å². The quantitative estimate of drug-likeness (QED) is 0.850. The van der Waals surface area contributed by atoms with Crippen molar-refractivity contribution < 1.29 is 14.6 Å². The van der Waals surface area contributed by atoms with E-state index in [1.165, 1.54) is 0 Å². The Kier molecular flexibility index (Phi) is 6.23. The van der Waals surface area contributed by atoms with E-state index in [0.717, 1.165) is 18.4 Å². The molecular formula is C16H20ClNO3.